The fourth-order valence-electron chi connectivity index (χ4n) is 2.92. The van der Waals surface area contributed by atoms with Gasteiger partial charge >= 0.3 is 0 Å². The second-order valence-electron chi connectivity index (χ2n) is 5.62. The van der Waals surface area contributed by atoms with Crippen LogP contribution in [0.2, 0.25) is 0 Å². The summed E-state index contributed by atoms with van der Waals surface area (Å²) in [7, 11) is 0. The molecule has 1 fully saturated rings. The lowest BCUT2D eigenvalue weighted by Crippen LogP contribution is -2.38. The van der Waals surface area contributed by atoms with Crippen molar-refractivity contribution in [3.05, 3.63) is 23.8 Å². The average molecular weight is 277 g/mol. The number of fused-ring (bicyclic) bond motifs is 1. The Morgan fingerprint density at radius 2 is 2.00 bits per heavy atom. The predicted molar refractivity (Wildman–Crippen MR) is 72.9 cm³/mol. The minimum absolute atomic E-state index is 0.133. The van der Waals surface area contributed by atoms with Crippen LogP contribution < -0.4 is 14.8 Å². The maximum Gasteiger partial charge on any atom is 0.251 e. The molecule has 0 bridgehead atoms. The third kappa shape index (κ3) is 2.45. The van der Waals surface area contributed by atoms with E-state index in [1.807, 2.05) is 0 Å². The summed E-state index contributed by atoms with van der Waals surface area (Å²) >= 11 is 0. The van der Waals surface area contributed by atoms with Gasteiger partial charge in [-0.2, -0.15) is 0 Å². The van der Waals surface area contributed by atoms with Gasteiger partial charge in [-0.25, -0.2) is 0 Å². The molecule has 0 saturated heterocycles. The van der Waals surface area contributed by atoms with Crippen LogP contribution in [0.1, 0.15) is 36.0 Å². The Hall–Kier alpha value is -1.75. The van der Waals surface area contributed by atoms with Gasteiger partial charge in [0.1, 0.15) is 0 Å². The molecule has 1 aromatic carbocycles. The molecule has 3 rings (SSSR count). The molecule has 1 aliphatic carbocycles. The van der Waals surface area contributed by atoms with Gasteiger partial charge in [0.15, 0.2) is 11.5 Å². The van der Waals surface area contributed by atoms with E-state index in [4.69, 9.17) is 9.47 Å². The van der Waals surface area contributed by atoms with Gasteiger partial charge in [0.05, 0.1) is 6.61 Å². The van der Waals surface area contributed by atoms with Crippen LogP contribution in [0.15, 0.2) is 18.2 Å². The van der Waals surface area contributed by atoms with E-state index in [2.05, 4.69) is 5.32 Å². The maximum atomic E-state index is 12.2. The number of ether oxygens (including phenoxy) is 2. The fourth-order valence-corrected chi connectivity index (χ4v) is 2.92. The summed E-state index contributed by atoms with van der Waals surface area (Å²) in [6.45, 7) is 0.860. The highest BCUT2D eigenvalue weighted by Gasteiger charge is 2.33. The molecular weight excluding hydrogens is 258 g/mol. The minimum Gasteiger partial charge on any atom is -0.454 e. The lowest BCUT2D eigenvalue weighted by atomic mass is 9.87. The Kier molecular flexibility index (Phi) is 3.53. The van der Waals surface area contributed by atoms with Crippen LogP contribution in [0.5, 0.6) is 11.5 Å². The van der Waals surface area contributed by atoms with Gasteiger partial charge in [0.2, 0.25) is 6.79 Å². The molecule has 1 amide bonds. The van der Waals surface area contributed by atoms with Crippen molar-refractivity contribution in [1.29, 1.82) is 0 Å². The normalized spacial score (nSPS) is 19.1. The van der Waals surface area contributed by atoms with E-state index in [1.54, 1.807) is 18.2 Å². The van der Waals surface area contributed by atoms with Gasteiger partial charge < -0.3 is 19.9 Å². The number of carbonyl (C=O) groups excluding carboxylic acids is 1. The molecule has 0 atom stereocenters. The minimum atomic E-state index is -0.136. The topological polar surface area (TPSA) is 67.8 Å². The number of rotatable bonds is 4. The summed E-state index contributed by atoms with van der Waals surface area (Å²) in [6.07, 6.45) is 4.21. The first-order chi connectivity index (χ1) is 9.72. The molecule has 1 aliphatic heterocycles. The van der Waals surface area contributed by atoms with Gasteiger partial charge in [-0.15, -0.1) is 0 Å². The number of nitrogens with one attached hydrogen (secondary N) is 1. The number of hydrogen-bond donors (Lipinski definition) is 2. The van der Waals surface area contributed by atoms with Crippen molar-refractivity contribution in [2.24, 2.45) is 5.41 Å². The first-order valence-corrected chi connectivity index (χ1v) is 7.01. The molecule has 2 N–H and O–H groups in total. The molecule has 108 valence electrons. The highest BCUT2D eigenvalue weighted by molar-refractivity contribution is 5.94. The monoisotopic (exact) mass is 277 g/mol. The van der Waals surface area contributed by atoms with E-state index in [1.165, 1.54) is 0 Å². The van der Waals surface area contributed by atoms with Crippen LogP contribution in [-0.4, -0.2) is 31.0 Å². The highest BCUT2D eigenvalue weighted by atomic mass is 16.7. The number of carbonyl (C=O) groups is 1. The molecular formula is C15H19NO4. The van der Waals surface area contributed by atoms with Crippen molar-refractivity contribution in [3.8, 4) is 11.5 Å². The molecule has 1 saturated carbocycles. The first-order valence-electron chi connectivity index (χ1n) is 7.01. The Labute approximate surface area is 117 Å². The number of aliphatic hydroxyl groups excluding tert-OH is 1. The highest BCUT2D eigenvalue weighted by Crippen LogP contribution is 2.37. The van der Waals surface area contributed by atoms with Crippen molar-refractivity contribution in [3.63, 3.8) is 0 Å². The lowest BCUT2D eigenvalue weighted by molar-refractivity contribution is 0.0880. The molecule has 5 heteroatoms. The molecule has 20 heavy (non-hydrogen) atoms. The van der Waals surface area contributed by atoms with Crippen LogP contribution in [0.4, 0.5) is 0 Å². The third-order valence-electron chi connectivity index (χ3n) is 4.26. The SMILES string of the molecule is O=C(NCC1(CO)CCCC1)c1ccc2c(c1)OCO2. The van der Waals surface area contributed by atoms with E-state index in [9.17, 15) is 9.90 Å². The smallest absolute Gasteiger partial charge is 0.251 e. The Bertz CT molecular complexity index is 509. The van der Waals surface area contributed by atoms with E-state index in [0.29, 0.717) is 23.6 Å². The van der Waals surface area contributed by atoms with Gasteiger partial charge in [0, 0.05) is 17.5 Å². The summed E-state index contributed by atoms with van der Waals surface area (Å²) in [6, 6.07) is 5.16. The standard InChI is InChI=1S/C15H19NO4/c17-9-15(5-1-2-6-15)8-16-14(18)11-3-4-12-13(7-11)20-10-19-12/h3-4,7,17H,1-2,5-6,8-10H2,(H,16,18). The van der Waals surface area contributed by atoms with Crippen LogP contribution in [-0.2, 0) is 0 Å². The predicted octanol–water partition coefficient (Wildman–Crippen LogP) is 1.70. The Morgan fingerprint density at radius 1 is 1.25 bits per heavy atom. The summed E-state index contributed by atoms with van der Waals surface area (Å²) < 4.78 is 10.5. The Morgan fingerprint density at radius 3 is 2.75 bits per heavy atom. The molecule has 2 aliphatic rings. The van der Waals surface area contributed by atoms with Crippen molar-refractivity contribution in [2.45, 2.75) is 25.7 Å². The van der Waals surface area contributed by atoms with Gasteiger partial charge in [-0.1, -0.05) is 12.8 Å². The zero-order valence-electron chi connectivity index (χ0n) is 11.4. The van der Waals surface area contributed by atoms with Crippen LogP contribution >= 0.6 is 0 Å². The maximum absolute atomic E-state index is 12.2. The Balaban J connectivity index is 1.64. The molecule has 0 spiro atoms. The van der Waals surface area contributed by atoms with E-state index in [0.717, 1.165) is 25.7 Å². The second kappa shape index (κ2) is 5.32. The number of amides is 1. The van der Waals surface area contributed by atoms with Gasteiger partial charge in [-0.05, 0) is 31.0 Å². The van der Waals surface area contributed by atoms with Gasteiger partial charge in [0.25, 0.3) is 5.91 Å². The first kappa shape index (κ1) is 13.2. The van der Waals surface area contributed by atoms with Crippen molar-refractivity contribution >= 4 is 5.91 Å². The summed E-state index contributed by atoms with van der Waals surface area (Å²) in [5.74, 6) is 1.14. The number of benzene rings is 1. The lowest BCUT2D eigenvalue weighted by Gasteiger charge is -2.26. The zero-order chi connectivity index (χ0) is 14.0. The summed E-state index contributed by atoms with van der Waals surface area (Å²) in [5, 5.41) is 12.5. The third-order valence-corrected chi connectivity index (χ3v) is 4.26. The van der Waals surface area contributed by atoms with Crippen molar-refractivity contribution < 1.29 is 19.4 Å². The molecule has 0 unspecified atom stereocenters. The fraction of sp³-hybridized carbons (Fsp3) is 0.533. The van der Waals surface area contributed by atoms with Crippen LogP contribution in [0, 0.1) is 5.41 Å². The van der Waals surface area contributed by atoms with Crippen LogP contribution in [0.25, 0.3) is 0 Å². The average Bonchev–Trinajstić information content (AvgIpc) is 3.13. The molecule has 1 aromatic rings. The summed E-state index contributed by atoms with van der Waals surface area (Å²) in [5.41, 5.74) is 0.423. The molecule has 5 nitrogen and oxygen atoms in total. The van der Waals surface area contributed by atoms with Crippen molar-refractivity contribution in [2.75, 3.05) is 19.9 Å². The molecule has 0 radical (unpaired) electrons. The van der Waals surface area contributed by atoms with E-state index in [-0.39, 0.29) is 24.7 Å². The second-order valence-corrected chi connectivity index (χ2v) is 5.62. The van der Waals surface area contributed by atoms with E-state index < -0.39 is 0 Å². The number of aliphatic hydroxyl groups is 1. The quantitative estimate of drug-likeness (QED) is 0.879. The summed E-state index contributed by atoms with van der Waals surface area (Å²) in [4.78, 5) is 12.2. The van der Waals surface area contributed by atoms with Gasteiger partial charge in [-0.3, -0.25) is 4.79 Å². The van der Waals surface area contributed by atoms with E-state index >= 15 is 0 Å². The number of hydrogen-bond acceptors (Lipinski definition) is 4. The zero-order valence-corrected chi connectivity index (χ0v) is 11.4. The molecule has 0 aromatic heterocycles. The largest absolute Gasteiger partial charge is 0.454 e. The van der Waals surface area contributed by atoms with Crippen molar-refractivity contribution in [1.82, 2.24) is 5.32 Å². The molecule has 1 heterocycles. The van der Waals surface area contributed by atoms with Crippen LogP contribution in [0.3, 0.4) is 0 Å².